The number of methoxy groups -OCH3 is 1. The molecule has 0 aliphatic rings. The molecule has 0 aliphatic carbocycles. The molecule has 2 aromatic heterocycles. The van der Waals surface area contributed by atoms with Gasteiger partial charge in [-0.1, -0.05) is 6.07 Å². The smallest absolute Gasteiger partial charge is 0.260 e. The van der Waals surface area contributed by atoms with E-state index in [2.05, 4.69) is 29.5 Å². The summed E-state index contributed by atoms with van der Waals surface area (Å²) in [6.45, 7) is 0.609. The van der Waals surface area contributed by atoms with Crippen molar-refractivity contribution in [1.82, 2.24) is 24.8 Å². The largest absolute Gasteiger partial charge is 0.494 e. The molecule has 2 N–H and O–H groups in total. The fourth-order valence-electron chi connectivity index (χ4n) is 3.49. The van der Waals surface area contributed by atoms with Gasteiger partial charge in [-0.15, -0.1) is 0 Å². The molecule has 34 heavy (non-hydrogen) atoms. The number of hydrogen-bond donors (Lipinski definition) is 2. The minimum atomic E-state index is -1.05. The normalized spacial score (nSPS) is 11.1. The number of benzene rings is 2. The Kier molecular flexibility index (Phi) is 6.57. The van der Waals surface area contributed by atoms with Gasteiger partial charge in [0.05, 0.1) is 35.6 Å². The standard InChI is InChI=1S/C22H19ClF2N6O3/c1-31(2)10-11-9-28-22(29-11)30-21(32)13-5-4-12(19-20(13)27-7-6-26-19)16-17(24)14(33-3)8-15(34-23)18(16)25/h4-9H,10H2,1-3H3,(H2,28,29,30,32). The van der Waals surface area contributed by atoms with Crippen LogP contribution in [0.5, 0.6) is 11.5 Å². The summed E-state index contributed by atoms with van der Waals surface area (Å²) < 4.78 is 39.6. The van der Waals surface area contributed by atoms with E-state index >= 15 is 8.78 Å². The molecule has 0 aliphatic heterocycles. The molecule has 0 saturated heterocycles. The first-order valence-electron chi connectivity index (χ1n) is 9.92. The van der Waals surface area contributed by atoms with Crippen molar-refractivity contribution in [3.63, 3.8) is 0 Å². The van der Waals surface area contributed by atoms with Crippen LogP contribution in [-0.2, 0) is 6.54 Å². The van der Waals surface area contributed by atoms with Crippen molar-refractivity contribution in [1.29, 1.82) is 0 Å². The fourth-order valence-corrected chi connectivity index (χ4v) is 3.60. The molecule has 1 amide bonds. The van der Waals surface area contributed by atoms with E-state index in [1.165, 1.54) is 31.6 Å². The number of ether oxygens (including phenoxy) is 1. The van der Waals surface area contributed by atoms with Crippen LogP contribution in [0.2, 0.25) is 0 Å². The van der Waals surface area contributed by atoms with Gasteiger partial charge in [-0.05, 0) is 20.2 Å². The van der Waals surface area contributed by atoms with Crippen molar-refractivity contribution in [3.05, 3.63) is 59.7 Å². The number of H-pyrrole nitrogens is 1. The Morgan fingerprint density at radius 2 is 1.82 bits per heavy atom. The van der Waals surface area contributed by atoms with Crippen LogP contribution >= 0.6 is 11.9 Å². The van der Waals surface area contributed by atoms with Gasteiger partial charge in [-0.3, -0.25) is 20.1 Å². The van der Waals surface area contributed by atoms with E-state index < -0.39 is 28.9 Å². The number of aromatic nitrogens is 4. The molecule has 2 aromatic carbocycles. The molecule has 12 heteroatoms. The molecule has 0 saturated carbocycles. The lowest BCUT2D eigenvalue weighted by molar-refractivity contribution is 0.102. The molecule has 0 spiro atoms. The summed E-state index contributed by atoms with van der Waals surface area (Å²) in [5.41, 5.74) is 0.722. The minimum Gasteiger partial charge on any atom is -0.494 e. The lowest BCUT2D eigenvalue weighted by Gasteiger charge is -2.14. The Balaban J connectivity index is 1.79. The van der Waals surface area contributed by atoms with Crippen LogP contribution in [0.4, 0.5) is 14.7 Å². The molecule has 0 fully saturated rings. The van der Waals surface area contributed by atoms with Crippen LogP contribution in [0.1, 0.15) is 16.1 Å². The predicted molar refractivity (Wildman–Crippen MR) is 122 cm³/mol. The summed E-state index contributed by atoms with van der Waals surface area (Å²) >= 11 is 5.35. The zero-order chi connectivity index (χ0) is 24.4. The first kappa shape index (κ1) is 23.3. The Morgan fingerprint density at radius 1 is 1.12 bits per heavy atom. The minimum absolute atomic E-state index is 0.0368. The monoisotopic (exact) mass is 488 g/mol. The van der Waals surface area contributed by atoms with Crippen molar-refractivity contribution >= 4 is 34.8 Å². The van der Waals surface area contributed by atoms with E-state index in [4.69, 9.17) is 16.6 Å². The van der Waals surface area contributed by atoms with Gasteiger partial charge in [-0.2, -0.15) is 0 Å². The van der Waals surface area contributed by atoms with Crippen LogP contribution in [0.15, 0.2) is 36.8 Å². The second-order valence-electron chi connectivity index (χ2n) is 7.52. The van der Waals surface area contributed by atoms with Gasteiger partial charge >= 0.3 is 0 Å². The van der Waals surface area contributed by atoms with Gasteiger partial charge < -0.3 is 18.9 Å². The first-order valence-corrected chi connectivity index (χ1v) is 10.2. The van der Waals surface area contributed by atoms with Crippen LogP contribution in [0.3, 0.4) is 0 Å². The number of anilines is 1. The summed E-state index contributed by atoms with van der Waals surface area (Å²) in [7, 11) is 5.03. The maximum absolute atomic E-state index is 15.1. The molecule has 2 heterocycles. The van der Waals surface area contributed by atoms with Crippen LogP contribution in [0, 0.1) is 11.6 Å². The summed E-state index contributed by atoms with van der Waals surface area (Å²) in [5.74, 6) is -3.03. The zero-order valence-electron chi connectivity index (χ0n) is 18.3. The second kappa shape index (κ2) is 9.57. The Labute approximate surface area is 197 Å². The van der Waals surface area contributed by atoms with E-state index in [1.54, 1.807) is 6.20 Å². The molecule has 4 rings (SSSR count). The highest BCUT2D eigenvalue weighted by Crippen LogP contribution is 2.40. The van der Waals surface area contributed by atoms with Gasteiger partial charge in [0, 0.05) is 30.6 Å². The van der Waals surface area contributed by atoms with Gasteiger partial charge in [-0.25, -0.2) is 13.8 Å². The average molecular weight is 489 g/mol. The van der Waals surface area contributed by atoms with Crippen LogP contribution < -0.4 is 14.3 Å². The summed E-state index contributed by atoms with van der Waals surface area (Å²) in [6.07, 6.45) is 4.33. The number of fused-ring (bicyclic) bond motifs is 1. The summed E-state index contributed by atoms with van der Waals surface area (Å²) in [6, 6.07) is 3.75. The number of carbonyl (C=O) groups excluding carboxylic acids is 1. The maximum Gasteiger partial charge on any atom is 0.260 e. The number of nitrogens with one attached hydrogen (secondary N) is 2. The number of halogens is 3. The third kappa shape index (κ3) is 4.35. The number of nitrogens with zero attached hydrogens (tertiary/aromatic N) is 4. The van der Waals surface area contributed by atoms with Gasteiger partial charge in [0.1, 0.15) is 17.4 Å². The number of imidazole rings is 1. The number of hydrogen-bond acceptors (Lipinski definition) is 7. The highest BCUT2D eigenvalue weighted by atomic mass is 35.5. The Hall–Kier alpha value is -3.83. The molecule has 9 nitrogen and oxygen atoms in total. The van der Waals surface area contributed by atoms with Crippen LogP contribution in [0.25, 0.3) is 22.2 Å². The van der Waals surface area contributed by atoms with Gasteiger partial charge in [0.15, 0.2) is 23.1 Å². The van der Waals surface area contributed by atoms with Crippen molar-refractivity contribution in [2.45, 2.75) is 6.54 Å². The van der Waals surface area contributed by atoms with E-state index in [0.29, 0.717) is 6.54 Å². The highest BCUT2D eigenvalue weighted by molar-refractivity contribution is 6.13. The highest BCUT2D eigenvalue weighted by Gasteiger charge is 2.25. The molecule has 0 atom stereocenters. The molecule has 4 aromatic rings. The van der Waals surface area contributed by atoms with E-state index in [1.807, 2.05) is 19.0 Å². The van der Waals surface area contributed by atoms with Gasteiger partial charge in [0.2, 0.25) is 5.95 Å². The molecule has 0 unspecified atom stereocenters. The summed E-state index contributed by atoms with van der Waals surface area (Å²) in [4.78, 5) is 30.5. The number of aromatic amines is 1. The van der Waals surface area contributed by atoms with Crippen molar-refractivity contribution in [3.8, 4) is 22.6 Å². The maximum atomic E-state index is 15.1. The van der Waals surface area contributed by atoms with Crippen molar-refractivity contribution in [2.75, 3.05) is 26.5 Å². The third-order valence-electron chi connectivity index (χ3n) is 4.92. The zero-order valence-corrected chi connectivity index (χ0v) is 19.1. The van der Waals surface area contributed by atoms with Crippen LogP contribution in [-0.4, -0.2) is 51.9 Å². The third-order valence-corrected chi connectivity index (χ3v) is 5.09. The van der Waals surface area contributed by atoms with E-state index in [9.17, 15) is 4.79 Å². The molecule has 176 valence electrons. The number of rotatable bonds is 7. The quantitative estimate of drug-likeness (QED) is 0.402. The Bertz CT molecular complexity index is 1350. The van der Waals surface area contributed by atoms with E-state index in [0.717, 1.165) is 11.8 Å². The predicted octanol–water partition coefficient (Wildman–Crippen LogP) is 4.15. The Morgan fingerprint density at radius 3 is 2.50 bits per heavy atom. The number of amides is 1. The number of carbonyl (C=O) groups is 1. The molecule has 0 radical (unpaired) electrons. The molecular formula is C22H19ClF2N6O3. The SMILES string of the molecule is COc1cc(OCl)c(F)c(-c2ccc(C(=O)Nc3ncc(CN(C)C)[nH]3)c3nccnc23)c1F. The second-order valence-corrected chi connectivity index (χ2v) is 7.67. The lowest BCUT2D eigenvalue weighted by atomic mass is 9.99. The molecule has 0 bridgehead atoms. The average Bonchev–Trinajstić information content (AvgIpc) is 3.25. The topological polar surface area (TPSA) is 105 Å². The van der Waals surface area contributed by atoms with Gasteiger partial charge in [0.25, 0.3) is 5.91 Å². The van der Waals surface area contributed by atoms with Crippen molar-refractivity contribution in [2.24, 2.45) is 0 Å². The van der Waals surface area contributed by atoms with E-state index in [-0.39, 0.29) is 33.9 Å². The molecular weight excluding hydrogens is 470 g/mol. The summed E-state index contributed by atoms with van der Waals surface area (Å²) in [5, 5.41) is 2.66. The lowest BCUT2D eigenvalue weighted by Crippen LogP contribution is -2.15. The first-order chi connectivity index (χ1) is 16.3. The van der Waals surface area contributed by atoms with Crippen molar-refractivity contribution < 1.29 is 22.6 Å². The fraction of sp³-hybridized carbons (Fsp3) is 0.182.